The van der Waals surface area contributed by atoms with E-state index in [-0.39, 0.29) is 79.4 Å². The van der Waals surface area contributed by atoms with E-state index in [0.29, 0.717) is 64.8 Å². The van der Waals surface area contributed by atoms with Crippen LogP contribution >= 0.6 is 23.2 Å². The Morgan fingerprint density at radius 1 is 0.773 bits per heavy atom. The fraction of sp³-hybridized carbons (Fsp3) is 0.455. The first-order chi connectivity index (χ1) is 35.6. The number of hydrogen-bond donors (Lipinski definition) is 1. The van der Waals surface area contributed by atoms with Gasteiger partial charge in [-0.15, -0.1) is 0 Å². The molecule has 0 aromatic heterocycles. The number of carbonyl (C=O) groups is 2. The zero-order valence-electron chi connectivity index (χ0n) is 42.5. The van der Waals surface area contributed by atoms with E-state index in [0.717, 1.165) is 59.4 Å². The second-order valence-corrected chi connectivity index (χ2v) is 23.0. The van der Waals surface area contributed by atoms with E-state index in [4.69, 9.17) is 51.7 Å². The highest BCUT2D eigenvalue weighted by Crippen LogP contribution is 2.65. The lowest BCUT2D eigenvalue weighted by Gasteiger charge is -2.51. The van der Waals surface area contributed by atoms with Crippen LogP contribution in [0, 0.1) is 24.4 Å². The maximum atomic E-state index is 15.4. The molecule has 75 heavy (non-hydrogen) atoms. The minimum Gasteiger partial charge on any atom is -0.456 e. The number of ether oxygens (including phenoxy) is 5. The average Bonchev–Trinajstić information content (AvgIpc) is 3.75. The Hall–Kier alpha value is -5.18. The number of carbonyl (C=O) groups excluding carboxylic acids is 2. The number of halogens is 5. The first kappa shape index (κ1) is 53.2. The minimum absolute atomic E-state index is 0.00477. The van der Waals surface area contributed by atoms with Crippen LogP contribution in [0.15, 0.2) is 42.5 Å². The molecule has 20 heteroatoms. The molecule has 6 aliphatic rings. The second kappa shape index (κ2) is 20.0. The van der Waals surface area contributed by atoms with Crippen molar-refractivity contribution in [1.82, 2.24) is 5.06 Å². The van der Waals surface area contributed by atoms with Gasteiger partial charge in [0, 0.05) is 57.1 Å². The van der Waals surface area contributed by atoms with Gasteiger partial charge in [-0.2, -0.15) is 17.9 Å². The highest BCUT2D eigenvalue weighted by molar-refractivity contribution is 7.86. The molecule has 1 unspecified atom stereocenters. The summed E-state index contributed by atoms with van der Waals surface area (Å²) in [4.78, 5) is 39.1. The van der Waals surface area contributed by atoms with Gasteiger partial charge in [-0.1, -0.05) is 42.3 Å². The maximum absolute atomic E-state index is 15.4. The van der Waals surface area contributed by atoms with Crippen molar-refractivity contribution in [2.75, 3.05) is 74.9 Å². The van der Waals surface area contributed by atoms with Gasteiger partial charge in [-0.05, 0) is 114 Å². The van der Waals surface area contributed by atoms with Crippen molar-refractivity contribution >= 4 is 67.7 Å². The molecular formula is C55H58Cl2F3N3O11S. The lowest BCUT2D eigenvalue weighted by molar-refractivity contribution is -0.171. The largest absolute Gasteiger partial charge is 0.456 e. The number of rotatable bonds is 17. The standard InChI is InChI=1S/C55H58Cl2F3N3O11S/c1-7-31-27-53(3,4)61-15-8-10-33-47(61)35(31)25-37-49(33)74-50-34-11-9-16-62-48(34)36(32(28-54(62,5)6)29-75(66,67)68)26-38(50)55(37)44-40(57)13-12-39(56)43(44)52(65)63(55)72-23-22-71-21-20-70-19-18-69-17-14-42(64)73-51-45(59)30(2)24-41(58)46(51)60/h12-13,24-28H,7-11,14-23,29H2,1-6H3,(H,66,67,68). The molecule has 4 aromatic rings. The molecule has 0 radical (unpaired) electrons. The van der Waals surface area contributed by atoms with Gasteiger partial charge < -0.3 is 33.5 Å². The Bertz CT molecular complexity index is 3210. The fourth-order valence-electron chi connectivity index (χ4n) is 11.9. The van der Waals surface area contributed by atoms with Gasteiger partial charge in [-0.3, -0.25) is 19.0 Å². The summed E-state index contributed by atoms with van der Waals surface area (Å²) in [6.07, 6.45) is 7.39. The summed E-state index contributed by atoms with van der Waals surface area (Å²) in [5, 5.41) is 1.75. The molecule has 400 valence electrons. The van der Waals surface area contributed by atoms with E-state index in [1.165, 1.54) is 12.0 Å². The van der Waals surface area contributed by atoms with Gasteiger partial charge in [0.05, 0.1) is 85.7 Å². The third-order valence-electron chi connectivity index (χ3n) is 15.0. The number of anilines is 2. The van der Waals surface area contributed by atoms with Crippen LogP contribution in [0.25, 0.3) is 11.1 Å². The highest BCUT2D eigenvalue weighted by Gasteiger charge is 2.62. The SMILES string of the molecule is CCC1=CC(C)(C)N2CCCc3c4c(cc1c32)C1(c2cc3c5c(c2O4)CCCN5C(C)(C)C=C3CS(=O)(=O)O)c2c(Cl)ccc(Cl)c2C(=O)N1OCCOCCOCCOCCC(=O)Oc1c(F)c(C)cc(F)c1F. The summed E-state index contributed by atoms with van der Waals surface area (Å²) < 4.78 is 107. The molecule has 1 spiro atoms. The summed E-state index contributed by atoms with van der Waals surface area (Å²) in [7, 11) is -4.53. The highest BCUT2D eigenvalue weighted by atomic mass is 35.5. The minimum atomic E-state index is -4.53. The van der Waals surface area contributed by atoms with Gasteiger partial charge in [-0.25, -0.2) is 8.78 Å². The van der Waals surface area contributed by atoms with Crippen LogP contribution in [-0.2, 0) is 52.3 Å². The summed E-state index contributed by atoms with van der Waals surface area (Å²) >= 11 is 14.5. The number of amides is 1. The van der Waals surface area contributed by atoms with Crippen molar-refractivity contribution in [3.05, 3.63) is 120 Å². The van der Waals surface area contributed by atoms with Crippen LogP contribution in [0.5, 0.6) is 17.2 Å². The Kier molecular flexibility index (Phi) is 14.2. The summed E-state index contributed by atoms with van der Waals surface area (Å²) in [5.74, 6) is -6.31. The number of hydroxylamine groups is 2. The number of aryl methyl sites for hydroxylation is 1. The zero-order valence-corrected chi connectivity index (χ0v) is 44.9. The van der Waals surface area contributed by atoms with Gasteiger partial charge in [0.25, 0.3) is 16.0 Å². The predicted molar refractivity (Wildman–Crippen MR) is 277 cm³/mol. The lowest BCUT2D eigenvalue weighted by atomic mass is 9.70. The molecule has 6 heterocycles. The van der Waals surface area contributed by atoms with Crippen LogP contribution in [0.1, 0.15) is 115 Å². The van der Waals surface area contributed by atoms with Crippen molar-refractivity contribution in [1.29, 1.82) is 0 Å². The lowest BCUT2D eigenvalue weighted by Crippen LogP contribution is -2.51. The molecule has 0 aliphatic carbocycles. The van der Waals surface area contributed by atoms with E-state index in [1.54, 1.807) is 12.1 Å². The molecule has 0 fully saturated rings. The number of esters is 1. The Balaban J connectivity index is 0.960. The van der Waals surface area contributed by atoms with Crippen LogP contribution in [0.3, 0.4) is 0 Å². The van der Waals surface area contributed by atoms with Gasteiger partial charge in [0.2, 0.25) is 11.6 Å². The monoisotopic (exact) mass is 1100 g/mol. The Morgan fingerprint density at radius 3 is 1.88 bits per heavy atom. The third kappa shape index (κ3) is 9.09. The van der Waals surface area contributed by atoms with Gasteiger partial charge >= 0.3 is 5.97 Å². The van der Waals surface area contributed by atoms with Crippen molar-refractivity contribution in [3.63, 3.8) is 0 Å². The summed E-state index contributed by atoms with van der Waals surface area (Å²) in [5.41, 5.74) is 5.63. The van der Waals surface area contributed by atoms with Crippen LogP contribution in [0.2, 0.25) is 10.0 Å². The van der Waals surface area contributed by atoms with Crippen LogP contribution in [-0.4, -0.2) is 106 Å². The molecule has 0 saturated carbocycles. The van der Waals surface area contributed by atoms with Crippen molar-refractivity contribution in [3.8, 4) is 17.2 Å². The van der Waals surface area contributed by atoms with Crippen LogP contribution < -0.4 is 19.3 Å². The topological polar surface area (TPSA) is 154 Å². The van der Waals surface area contributed by atoms with Crippen molar-refractivity contribution < 1.29 is 64.3 Å². The summed E-state index contributed by atoms with van der Waals surface area (Å²) in [6.45, 7) is 13.5. The molecule has 4 aromatic carbocycles. The molecule has 0 saturated heterocycles. The zero-order chi connectivity index (χ0) is 53.5. The number of hydrogen-bond acceptors (Lipinski definition) is 12. The number of benzene rings is 4. The molecule has 1 atom stereocenters. The quantitative estimate of drug-likeness (QED) is 0.0351. The predicted octanol–water partition coefficient (Wildman–Crippen LogP) is 10.7. The Labute approximate surface area is 443 Å². The van der Waals surface area contributed by atoms with E-state index >= 15 is 4.79 Å². The Morgan fingerprint density at radius 2 is 1.31 bits per heavy atom. The fourth-order valence-corrected chi connectivity index (χ4v) is 13.1. The molecule has 14 nitrogen and oxygen atoms in total. The smallest absolute Gasteiger partial charge is 0.313 e. The van der Waals surface area contributed by atoms with E-state index in [1.807, 2.05) is 26.0 Å². The van der Waals surface area contributed by atoms with Crippen LogP contribution in [0.4, 0.5) is 24.5 Å². The van der Waals surface area contributed by atoms with Gasteiger partial charge in [0.1, 0.15) is 17.3 Å². The normalized spacial score (nSPS) is 19.5. The molecule has 1 N–H and O–H groups in total. The number of allylic oxidation sites excluding steroid dienone is 1. The molecule has 1 amide bonds. The number of nitrogens with zero attached hydrogens (tertiary/aromatic N) is 3. The average molecular weight is 1100 g/mol. The maximum Gasteiger partial charge on any atom is 0.313 e. The van der Waals surface area contributed by atoms with E-state index < -0.39 is 62.0 Å². The molecular weight excluding hydrogens is 1040 g/mol. The third-order valence-corrected chi connectivity index (χ3v) is 16.3. The van der Waals surface area contributed by atoms with Gasteiger partial charge in [0.15, 0.2) is 17.2 Å². The van der Waals surface area contributed by atoms with Crippen molar-refractivity contribution in [2.45, 2.75) is 96.7 Å². The molecule has 10 rings (SSSR count). The van der Waals surface area contributed by atoms with E-state index in [2.05, 4.69) is 42.7 Å². The summed E-state index contributed by atoms with van der Waals surface area (Å²) in [6, 6.07) is 7.90. The second-order valence-electron chi connectivity index (χ2n) is 20.7. The number of fused-ring (bicyclic) bond motifs is 8. The molecule has 0 bridgehead atoms. The first-order valence-corrected chi connectivity index (χ1v) is 27.5. The first-order valence-electron chi connectivity index (χ1n) is 25.2. The van der Waals surface area contributed by atoms with E-state index in [9.17, 15) is 30.9 Å². The molecule has 6 aliphatic heterocycles. The van der Waals surface area contributed by atoms with Crippen molar-refractivity contribution in [2.24, 2.45) is 0 Å².